The third kappa shape index (κ3) is 8.48. The molecule has 5 atom stereocenters. The van der Waals surface area contributed by atoms with Crippen LogP contribution >= 0.6 is 11.6 Å². The van der Waals surface area contributed by atoms with Crippen molar-refractivity contribution in [3.8, 4) is 17.6 Å². The number of ether oxygens (including phenoxy) is 2. The van der Waals surface area contributed by atoms with Crippen molar-refractivity contribution in [2.75, 3.05) is 31.2 Å². The molecular formula is C39H49ClN2O6S. The number of carbonyl (C=O) groups excluding carboxylic acids is 1. The maximum Gasteiger partial charge on any atom is 0.264 e. The number of anilines is 1. The van der Waals surface area contributed by atoms with Gasteiger partial charge >= 0.3 is 0 Å². The van der Waals surface area contributed by atoms with Gasteiger partial charge < -0.3 is 19.5 Å². The molecule has 3 heterocycles. The first-order valence-corrected chi connectivity index (χ1v) is 19.8. The standard InChI is InChI=1S/C39H49ClN2O6S/c1-27-7-5-18-39(44,19-6-8-29-16-21-47-22-17-29)35-14-11-32(35)25-42-20-4-3-9-30-23-34(40)13-10-33(30)26-48-37-15-12-31(24-36(37)42)38(43)41-49(45,46)28(27)2/h5,10,12-13,15,18,23-24,27-29,32,35,44H,3-4,7-9,11,14,16-17,20-22,25-26H2,1-2H3,(H,41,43)/b18-5+/t27-,28+,32-,35+,39+/m0/s1. The normalized spacial score (nSPS) is 30.0. The van der Waals surface area contributed by atoms with Crippen LogP contribution in [0.2, 0.25) is 5.02 Å². The lowest BCUT2D eigenvalue weighted by Gasteiger charge is -2.46. The van der Waals surface area contributed by atoms with Crippen molar-refractivity contribution in [2.45, 2.75) is 89.1 Å². The molecular weight excluding hydrogens is 660 g/mol. The van der Waals surface area contributed by atoms with E-state index in [9.17, 15) is 18.3 Å². The van der Waals surface area contributed by atoms with Crippen LogP contribution in [0, 0.1) is 35.5 Å². The van der Waals surface area contributed by atoms with Crippen LogP contribution in [0.25, 0.3) is 0 Å². The van der Waals surface area contributed by atoms with Gasteiger partial charge in [-0.25, -0.2) is 13.1 Å². The number of benzene rings is 2. The number of rotatable bonds is 1. The molecule has 0 radical (unpaired) electrons. The molecule has 8 nitrogen and oxygen atoms in total. The van der Waals surface area contributed by atoms with Gasteiger partial charge in [0.25, 0.3) is 5.91 Å². The molecule has 2 bridgehead atoms. The van der Waals surface area contributed by atoms with Gasteiger partial charge in [-0.3, -0.25) is 4.79 Å². The average molecular weight is 709 g/mol. The number of fused-ring (bicyclic) bond motifs is 3. The predicted molar refractivity (Wildman–Crippen MR) is 193 cm³/mol. The molecule has 0 unspecified atom stereocenters. The van der Waals surface area contributed by atoms with Gasteiger partial charge in [0.15, 0.2) is 0 Å². The third-order valence-corrected chi connectivity index (χ3v) is 13.2. The fourth-order valence-electron chi connectivity index (χ4n) is 7.52. The van der Waals surface area contributed by atoms with Crippen LogP contribution in [0.3, 0.4) is 0 Å². The number of aliphatic hydroxyl groups is 1. The lowest BCUT2D eigenvalue weighted by Crippen LogP contribution is -2.49. The molecule has 1 saturated carbocycles. The molecule has 1 aliphatic carbocycles. The van der Waals surface area contributed by atoms with Crippen molar-refractivity contribution in [1.29, 1.82) is 0 Å². The van der Waals surface area contributed by atoms with Gasteiger partial charge in [0.1, 0.15) is 18.0 Å². The lowest BCUT2D eigenvalue weighted by atomic mass is 9.64. The zero-order valence-electron chi connectivity index (χ0n) is 28.6. The van der Waals surface area contributed by atoms with E-state index in [1.165, 1.54) is 0 Å². The summed E-state index contributed by atoms with van der Waals surface area (Å²) in [6.07, 6.45) is 11.3. The van der Waals surface area contributed by atoms with Gasteiger partial charge in [0.05, 0.1) is 10.9 Å². The molecule has 2 aromatic rings. The fraction of sp³-hybridized carbons (Fsp3) is 0.564. The van der Waals surface area contributed by atoms with Crippen LogP contribution in [0.4, 0.5) is 5.69 Å². The van der Waals surface area contributed by atoms with E-state index in [1.54, 1.807) is 25.1 Å². The van der Waals surface area contributed by atoms with E-state index in [1.807, 2.05) is 37.3 Å². The number of amides is 1. The quantitative estimate of drug-likeness (QED) is 0.252. The Balaban J connectivity index is 1.37. The summed E-state index contributed by atoms with van der Waals surface area (Å²) in [6.45, 7) is 6.67. The van der Waals surface area contributed by atoms with Gasteiger partial charge in [-0.05, 0) is 124 Å². The maximum absolute atomic E-state index is 13.5. The third-order valence-electron chi connectivity index (χ3n) is 11.1. The van der Waals surface area contributed by atoms with E-state index in [2.05, 4.69) is 21.5 Å². The molecule has 1 amide bonds. The van der Waals surface area contributed by atoms with Crippen molar-refractivity contribution >= 4 is 33.2 Å². The van der Waals surface area contributed by atoms with Crippen LogP contribution in [-0.2, 0) is 27.8 Å². The molecule has 4 aliphatic rings. The molecule has 10 heteroatoms. The average Bonchev–Trinajstić information content (AvgIpc) is 3.09. The highest BCUT2D eigenvalue weighted by Gasteiger charge is 2.45. The maximum atomic E-state index is 13.5. The van der Waals surface area contributed by atoms with E-state index in [0.717, 1.165) is 81.4 Å². The Morgan fingerprint density at radius 1 is 1.06 bits per heavy atom. The molecule has 0 aromatic heterocycles. The van der Waals surface area contributed by atoms with Crippen molar-refractivity contribution in [2.24, 2.45) is 23.7 Å². The summed E-state index contributed by atoms with van der Waals surface area (Å²) in [4.78, 5) is 15.7. The second-order valence-electron chi connectivity index (χ2n) is 14.4. The summed E-state index contributed by atoms with van der Waals surface area (Å²) < 4.78 is 41.2. The molecule has 264 valence electrons. The van der Waals surface area contributed by atoms with Gasteiger partial charge in [-0.1, -0.05) is 42.5 Å². The second kappa shape index (κ2) is 15.5. The first kappa shape index (κ1) is 35.8. The van der Waals surface area contributed by atoms with Crippen LogP contribution in [0.5, 0.6) is 5.75 Å². The minimum Gasteiger partial charge on any atom is -0.487 e. The number of nitrogens with one attached hydrogen (secondary N) is 1. The summed E-state index contributed by atoms with van der Waals surface area (Å²) in [7, 11) is -3.99. The van der Waals surface area contributed by atoms with Crippen LogP contribution in [-0.4, -0.2) is 56.6 Å². The molecule has 3 aliphatic heterocycles. The highest BCUT2D eigenvalue weighted by molar-refractivity contribution is 7.90. The minimum absolute atomic E-state index is 0.0873. The Labute approximate surface area is 296 Å². The van der Waals surface area contributed by atoms with E-state index in [4.69, 9.17) is 21.1 Å². The Bertz CT molecular complexity index is 1710. The van der Waals surface area contributed by atoms with Crippen molar-refractivity contribution in [3.05, 3.63) is 70.3 Å². The first-order valence-electron chi connectivity index (χ1n) is 17.9. The Morgan fingerprint density at radius 2 is 1.88 bits per heavy atom. The number of allylic oxidation sites excluding steroid dienone is 1. The van der Waals surface area contributed by atoms with E-state index < -0.39 is 26.8 Å². The van der Waals surface area contributed by atoms with Crippen LogP contribution in [0.1, 0.15) is 86.7 Å². The van der Waals surface area contributed by atoms with Gasteiger partial charge in [-0.2, -0.15) is 0 Å². The van der Waals surface area contributed by atoms with Crippen molar-refractivity contribution in [1.82, 2.24) is 4.72 Å². The van der Waals surface area contributed by atoms with E-state index >= 15 is 0 Å². The number of hydrogen-bond donors (Lipinski definition) is 2. The molecule has 2 N–H and O–H groups in total. The molecule has 2 fully saturated rings. The van der Waals surface area contributed by atoms with Gasteiger partial charge in [-0.15, -0.1) is 0 Å². The summed E-state index contributed by atoms with van der Waals surface area (Å²) in [5.41, 5.74) is 1.88. The summed E-state index contributed by atoms with van der Waals surface area (Å²) >= 11 is 6.36. The Kier molecular flexibility index (Phi) is 11.3. The van der Waals surface area contributed by atoms with Crippen LogP contribution < -0.4 is 14.4 Å². The van der Waals surface area contributed by atoms with Gasteiger partial charge in [0.2, 0.25) is 10.0 Å². The molecule has 6 rings (SSSR count). The lowest BCUT2D eigenvalue weighted by molar-refractivity contribution is -0.00304. The smallest absolute Gasteiger partial charge is 0.264 e. The second-order valence-corrected chi connectivity index (χ2v) is 16.9. The van der Waals surface area contributed by atoms with Crippen molar-refractivity contribution < 1.29 is 27.8 Å². The minimum atomic E-state index is -3.99. The predicted octanol–water partition coefficient (Wildman–Crippen LogP) is 6.68. The molecule has 1 saturated heterocycles. The zero-order chi connectivity index (χ0) is 34.6. The number of nitrogens with zero attached hydrogens (tertiary/aromatic N) is 1. The van der Waals surface area contributed by atoms with E-state index in [-0.39, 0.29) is 23.3 Å². The molecule has 0 spiro atoms. The summed E-state index contributed by atoms with van der Waals surface area (Å²) in [6, 6.07) is 11.0. The SMILES string of the molecule is C[C@@H]1[C@@H](C)C/C=C/[C@@](O)(C#CCC2CCOCC2)[C@@H]2CC[C@H]2CN2CCCCc3cc(Cl)ccc3COc3ccc(cc32)C(=O)NS1(=O)=O. The summed E-state index contributed by atoms with van der Waals surface area (Å²) in [5.74, 6) is 6.84. The largest absolute Gasteiger partial charge is 0.487 e. The molecule has 2 aromatic carbocycles. The van der Waals surface area contributed by atoms with Gasteiger partial charge in [0, 0.05) is 49.2 Å². The number of aryl methyl sites for hydroxylation is 1. The summed E-state index contributed by atoms with van der Waals surface area (Å²) in [5, 5.41) is 12.1. The highest BCUT2D eigenvalue weighted by atomic mass is 35.5. The van der Waals surface area contributed by atoms with E-state index in [0.29, 0.717) is 42.8 Å². The van der Waals surface area contributed by atoms with Crippen molar-refractivity contribution in [3.63, 3.8) is 0 Å². The van der Waals surface area contributed by atoms with Crippen LogP contribution in [0.15, 0.2) is 48.6 Å². The Hall–Kier alpha value is -3.03. The number of sulfonamides is 1. The number of carbonyl (C=O) groups is 1. The fourth-order valence-corrected chi connectivity index (χ4v) is 9.00. The zero-order valence-corrected chi connectivity index (χ0v) is 30.2. The number of hydrogen-bond acceptors (Lipinski definition) is 7. The monoisotopic (exact) mass is 708 g/mol. The highest BCUT2D eigenvalue weighted by Crippen LogP contribution is 2.45. The number of halogens is 1. The molecule has 49 heavy (non-hydrogen) atoms. The topological polar surface area (TPSA) is 105 Å². The Morgan fingerprint density at radius 3 is 2.65 bits per heavy atom. The first-order chi connectivity index (χ1) is 23.5.